The van der Waals surface area contributed by atoms with Gasteiger partial charge in [-0.15, -0.1) is 11.3 Å². The first-order valence-electron chi connectivity index (χ1n) is 7.96. The molecule has 2 nitrogen and oxygen atoms in total. The van der Waals surface area contributed by atoms with Gasteiger partial charge in [-0.2, -0.15) is 0 Å². The average Bonchev–Trinajstić information content (AvgIpc) is 3.00. The van der Waals surface area contributed by atoms with Gasteiger partial charge in [0.05, 0.1) is 10.2 Å². The molecule has 1 radical (unpaired) electrons. The van der Waals surface area contributed by atoms with Crippen LogP contribution in [0.15, 0.2) is 42.6 Å². The molecule has 1 fully saturated rings. The van der Waals surface area contributed by atoms with Crippen LogP contribution in [0.3, 0.4) is 0 Å². The summed E-state index contributed by atoms with van der Waals surface area (Å²) in [6.07, 6.45) is 5.89. The third-order valence-corrected chi connectivity index (χ3v) is 5.39. The minimum atomic E-state index is 1.05. The highest BCUT2D eigenvalue weighted by molar-refractivity contribution is 7.22. The topological polar surface area (TPSA) is 16.1 Å². The first-order valence-corrected chi connectivity index (χ1v) is 8.78. The Morgan fingerprint density at radius 2 is 2.05 bits per heavy atom. The van der Waals surface area contributed by atoms with Crippen molar-refractivity contribution in [1.82, 2.24) is 9.88 Å². The van der Waals surface area contributed by atoms with Crippen LogP contribution >= 0.6 is 11.3 Å². The van der Waals surface area contributed by atoms with E-state index in [1.54, 1.807) is 11.3 Å². The number of nitrogens with zero attached hydrogens (tertiary/aromatic N) is 2. The van der Waals surface area contributed by atoms with E-state index in [9.17, 15) is 0 Å². The Bertz CT molecular complexity index is 739. The smallest absolute Gasteiger partial charge is 0.0822 e. The summed E-state index contributed by atoms with van der Waals surface area (Å²) in [4.78, 5) is 8.27. The molecular formula is C19H19N2S. The number of rotatable bonds is 3. The summed E-state index contributed by atoms with van der Waals surface area (Å²) >= 11 is 1.77. The summed E-state index contributed by atoms with van der Waals surface area (Å²) in [5.41, 5.74) is 3.75. The molecule has 1 aliphatic rings. The number of pyridine rings is 1. The molecule has 0 saturated carbocycles. The van der Waals surface area contributed by atoms with Crippen molar-refractivity contribution in [2.75, 3.05) is 13.1 Å². The highest BCUT2D eigenvalue weighted by Crippen LogP contribution is 2.32. The van der Waals surface area contributed by atoms with E-state index in [1.165, 1.54) is 48.4 Å². The molecule has 0 aliphatic carbocycles. The number of hydrogen-bond donors (Lipinski definition) is 0. The number of benzene rings is 1. The third kappa shape index (κ3) is 2.92. The first-order chi connectivity index (χ1) is 10.9. The van der Waals surface area contributed by atoms with E-state index in [4.69, 9.17) is 0 Å². The quantitative estimate of drug-likeness (QED) is 0.694. The lowest BCUT2D eigenvalue weighted by Gasteiger charge is -2.26. The lowest BCUT2D eigenvalue weighted by Crippen LogP contribution is -2.29. The van der Waals surface area contributed by atoms with Crippen molar-refractivity contribution in [3.05, 3.63) is 54.2 Å². The Balaban J connectivity index is 1.60. The van der Waals surface area contributed by atoms with Crippen LogP contribution in [0.5, 0.6) is 0 Å². The molecule has 0 unspecified atom stereocenters. The minimum absolute atomic E-state index is 1.05. The van der Waals surface area contributed by atoms with Crippen molar-refractivity contribution in [3.63, 3.8) is 0 Å². The van der Waals surface area contributed by atoms with Crippen LogP contribution in [0, 0.1) is 6.07 Å². The SMILES string of the molecule is [c]1ccnc2cc(-c3cccc(CN4CCCCC4)c3)sc12. The summed E-state index contributed by atoms with van der Waals surface area (Å²) in [7, 11) is 0. The van der Waals surface area contributed by atoms with Gasteiger partial charge in [0.2, 0.25) is 0 Å². The van der Waals surface area contributed by atoms with E-state index in [0.717, 1.165) is 16.8 Å². The van der Waals surface area contributed by atoms with Crippen LogP contribution in [0.2, 0.25) is 0 Å². The minimum Gasteiger partial charge on any atom is -0.299 e. The van der Waals surface area contributed by atoms with Crippen LogP contribution in [0.4, 0.5) is 0 Å². The Hall–Kier alpha value is -1.71. The Morgan fingerprint density at radius 3 is 2.91 bits per heavy atom. The van der Waals surface area contributed by atoms with Crippen molar-refractivity contribution in [3.8, 4) is 10.4 Å². The molecule has 0 bridgehead atoms. The van der Waals surface area contributed by atoms with Crippen molar-refractivity contribution < 1.29 is 0 Å². The Morgan fingerprint density at radius 1 is 1.14 bits per heavy atom. The van der Waals surface area contributed by atoms with Gasteiger partial charge >= 0.3 is 0 Å². The second-order valence-electron chi connectivity index (χ2n) is 5.95. The molecule has 0 amide bonds. The molecule has 22 heavy (non-hydrogen) atoms. The van der Waals surface area contributed by atoms with Crippen LogP contribution in [0.1, 0.15) is 24.8 Å². The van der Waals surface area contributed by atoms with Crippen molar-refractivity contribution in [1.29, 1.82) is 0 Å². The summed E-state index contributed by atoms with van der Waals surface area (Å²) in [6.45, 7) is 3.56. The van der Waals surface area contributed by atoms with Gasteiger partial charge in [-0.05, 0) is 55.3 Å². The van der Waals surface area contributed by atoms with Crippen molar-refractivity contribution in [2.45, 2.75) is 25.8 Å². The van der Waals surface area contributed by atoms with Gasteiger partial charge in [0.25, 0.3) is 0 Å². The van der Waals surface area contributed by atoms with E-state index in [0.29, 0.717) is 0 Å². The maximum atomic E-state index is 4.41. The van der Waals surface area contributed by atoms with Gasteiger partial charge < -0.3 is 0 Å². The molecule has 0 N–H and O–H groups in total. The highest BCUT2D eigenvalue weighted by atomic mass is 32.1. The molecule has 0 atom stereocenters. The Kier molecular flexibility index (Phi) is 3.92. The fraction of sp³-hybridized carbons (Fsp3) is 0.316. The molecule has 4 rings (SSSR count). The zero-order valence-electron chi connectivity index (χ0n) is 12.6. The third-order valence-electron chi connectivity index (χ3n) is 4.28. The zero-order valence-corrected chi connectivity index (χ0v) is 13.4. The van der Waals surface area contributed by atoms with Gasteiger partial charge in [-0.1, -0.05) is 24.6 Å². The maximum Gasteiger partial charge on any atom is 0.0822 e. The maximum absolute atomic E-state index is 4.41. The largest absolute Gasteiger partial charge is 0.299 e. The normalized spacial score (nSPS) is 16.2. The predicted molar refractivity (Wildman–Crippen MR) is 93.0 cm³/mol. The fourth-order valence-corrected chi connectivity index (χ4v) is 4.13. The molecule has 1 saturated heterocycles. The lowest BCUT2D eigenvalue weighted by molar-refractivity contribution is 0.221. The predicted octanol–water partition coefficient (Wildman–Crippen LogP) is 4.75. The summed E-state index contributed by atoms with van der Waals surface area (Å²) in [5, 5.41) is 0. The van der Waals surface area contributed by atoms with Gasteiger partial charge in [0, 0.05) is 23.7 Å². The number of thiophene rings is 1. The van der Waals surface area contributed by atoms with E-state index in [2.05, 4.69) is 46.3 Å². The fourth-order valence-electron chi connectivity index (χ4n) is 3.15. The summed E-state index contributed by atoms with van der Waals surface area (Å²) in [5.74, 6) is 0. The first kappa shape index (κ1) is 13.9. The molecule has 3 aromatic rings. The monoisotopic (exact) mass is 307 g/mol. The molecule has 111 valence electrons. The summed E-state index contributed by atoms with van der Waals surface area (Å²) < 4.78 is 1.14. The average molecular weight is 307 g/mol. The van der Waals surface area contributed by atoms with Crippen LogP contribution < -0.4 is 0 Å². The molecule has 3 heteroatoms. The number of fused-ring (bicyclic) bond motifs is 1. The number of aromatic nitrogens is 1. The van der Waals surface area contributed by atoms with Gasteiger partial charge in [0.15, 0.2) is 0 Å². The standard InChI is InChI=1S/C19H19N2S/c1-2-10-21(11-3-1)14-15-6-4-7-16(12-15)19-13-17-18(22-19)8-5-9-20-17/h4-7,9,12-13H,1-3,10-11,14H2. The van der Waals surface area contributed by atoms with Crippen LogP contribution in [-0.4, -0.2) is 23.0 Å². The van der Waals surface area contributed by atoms with E-state index >= 15 is 0 Å². The van der Waals surface area contributed by atoms with Gasteiger partial charge in [-0.3, -0.25) is 9.88 Å². The second kappa shape index (κ2) is 6.19. The van der Waals surface area contributed by atoms with Crippen LogP contribution in [-0.2, 0) is 6.54 Å². The van der Waals surface area contributed by atoms with E-state index < -0.39 is 0 Å². The lowest BCUT2D eigenvalue weighted by atomic mass is 10.1. The van der Waals surface area contributed by atoms with Crippen LogP contribution in [0.25, 0.3) is 20.7 Å². The van der Waals surface area contributed by atoms with Crippen molar-refractivity contribution >= 4 is 21.6 Å². The number of hydrogen-bond acceptors (Lipinski definition) is 3. The Labute approximate surface area is 135 Å². The molecule has 1 aliphatic heterocycles. The number of piperidine rings is 1. The number of likely N-dealkylation sites (tertiary alicyclic amines) is 1. The van der Waals surface area contributed by atoms with E-state index in [1.807, 2.05) is 12.3 Å². The summed E-state index contributed by atoms with van der Waals surface area (Å²) in [6, 6.07) is 16.3. The van der Waals surface area contributed by atoms with Gasteiger partial charge in [0.1, 0.15) is 0 Å². The molecule has 2 aromatic heterocycles. The molecule has 0 spiro atoms. The van der Waals surface area contributed by atoms with Gasteiger partial charge in [-0.25, -0.2) is 0 Å². The molecule has 1 aromatic carbocycles. The highest BCUT2D eigenvalue weighted by Gasteiger charge is 2.11. The zero-order chi connectivity index (χ0) is 14.8. The van der Waals surface area contributed by atoms with Crippen molar-refractivity contribution in [2.24, 2.45) is 0 Å². The second-order valence-corrected chi connectivity index (χ2v) is 7.00. The molecular weight excluding hydrogens is 288 g/mol. The molecule has 3 heterocycles. The van der Waals surface area contributed by atoms with E-state index in [-0.39, 0.29) is 0 Å².